The van der Waals surface area contributed by atoms with Crippen molar-refractivity contribution in [3.63, 3.8) is 0 Å². The summed E-state index contributed by atoms with van der Waals surface area (Å²) in [5.41, 5.74) is 0. The minimum Gasteiger partial charge on any atom is -0.338 e. The van der Waals surface area contributed by atoms with E-state index >= 15 is 0 Å². The van der Waals surface area contributed by atoms with Crippen molar-refractivity contribution in [3.05, 3.63) is 0 Å². The van der Waals surface area contributed by atoms with Crippen molar-refractivity contribution in [1.29, 1.82) is 0 Å². The van der Waals surface area contributed by atoms with E-state index in [1.807, 2.05) is 4.90 Å². The first-order valence-electron chi connectivity index (χ1n) is 7.22. The molecule has 2 atom stereocenters. The largest absolute Gasteiger partial charge is 0.338 e. The monoisotopic (exact) mass is 252 g/mol. The first-order chi connectivity index (χ1) is 8.65. The third kappa shape index (κ3) is 2.52. The second-order valence-corrected chi connectivity index (χ2v) is 5.49. The summed E-state index contributed by atoms with van der Waals surface area (Å²) in [7, 11) is 0. The topological polar surface area (TPSA) is 40.6 Å². The van der Waals surface area contributed by atoms with Crippen LogP contribution in [-0.4, -0.2) is 46.8 Å². The molecule has 0 radical (unpaired) electrons. The molecule has 18 heavy (non-hydrogen) atoms. The van der Waals surface area contributed by atoms with E-state index in [0.29, 0.717) is 6.04 Å². The maximum absolute atomic E-state index is 12.6. The van der Waals surface area contributed by atoms with Gasteiger partial charge in [-0.25, -0.2) is 0 Å². The molecule has 0 bridgehead atoms. The molecule has 0 unspecified atom stereocenters. The molecule has 0 saturated carbocycles. The number of hydrogen-bond donors (Lipinski definition) is 0. The Bertz CT molecular complexity index is 330. The van der Waals surface area contributed by atoms with Crippen LogP contribution in [0.25, 0.3) is 0 Å². The van der Waals surface area contributed by atoms with Crippen molar-refractivity contribution in [3.8, 4) is 0 Å². The lowest BCUT2D eigenvalue weighted by Gasteiger charge is -2.31. The maximum Gasteiger partial charge on any atom is 0.245 e. The normalized spacial score (nSPS) is 27.9. The van der Waals surface area contributed by atoms with E-state index in [2.05, 4.69) is 6.92 Å². The first-order valence-corrected chi connectivity index (χ1v) is 7.22. The number of nitrogens with zero attached hydrogens (tertiary/aromatic N) is 2. The minimum atomic E-state index is -0.181. The van der Waals surface area contributed by atoms with Crippen LogP contribution in [0.15, 0.2) is 0 Å². The van der Waals surface area contributed by atoms with Crippen molar-refractivity contribution in [2.45, 2.75) is 64.5 Å². The Balaban J connectivity index is 2.03. The number of likely N-dealkylation sites (tertiary alicyclic amines) is 2. The summed E-state index contributed by atoms with van der Waals surface area (Å²) in [5.74, 6) is 0.232. The molecule has 2 aliphatic rings. The van der Waals surface area contributed by atoms with Crippen LogP contribution in [0.4, 0.5) is 0 Å². The lowest BCUT2D eigenvalue weighted by Crippen LogP contribution is -2.48. The molecule has 2 amide bonds. The molecule has 2 fully saturated rings. The third-order valence-corrected chi connectivity index (χ3v) is 4.22. The van der Waals surface area contributed by atoms with Crippen LogP contribution in [0, 0.1) is 0 Å². The van der Waals surface area contributed by atoms with E-state index in [0.717, 1.165) is 51.6 Å². The van der Waals surface area contributed by atoms with Gasteiger partial charge < -0.3 is 9.80 Å². The average Bonchev–Trinajstić information content (AvgIpc) is 2.96. The molecule has 0 aliphatic carbocycles. The molecule has 2 aliphatic heterocycles. The van der Waals surface area contributed by atoms with Crippen molar-refractivity contribution in [2.24, 2.45) is 0 Å². The van der Waals surface area contributed by atoms with Crippen molar-refractivity contribution >= 4 is 11.8 Å². The van der Waals surface area contributed by atoms with E-state index < -0.39 is 0 Å². The molecule has 0 aromatic rings. The smallest absolute Gasteiger partial charge is 0.245 e. The van der Waals surface area contributed by atoms with E-state index in [9.17, 15) is 9.59 Å². The Kier molecular flexibility index (Phi) is 4.25. The minimum absolute atomic E-state index is 0.0390. The van der Waals surface area contributed by atoms with Gasteiger partial charge in [0.15, 0.2) is 0 Å². The molecule has 2 rings (SSSR count). The van der Waals surface area contributed by atoms with Gasteiger partial charge in [0.1, 0.15) is 6.04 Å². The lowest BCUT2D eigenvalue weighted by molar-refractivity contribution is -0.143. The average molecular weight is 252 g/mol. The van der Waals surface area contributed by atoms with Crippen LogP contribution in [0.2, 0.25) is 0 Å². The van der Waals surface area contributed by atoms with Crippen LogP contribution >= 0.6 is 0 Å². The van der Waals surface area contributed by atoms with Crippen molar-refractivity contribution in [1.82, 2.24) is 9.80 Å². The molecule has 2 saturated heterocycles. The van der Waals surface area contributed by atoms with Gasteiger partial charge in [0.25, 0.3) is 0 Å². The lowest BCUT2D eigenvalue weighted by atomic mass is 10.1. The number of hydrogen-bond acceptors (Lipinski definition) is 2. The fraction of sp³-hybridized carbons (Fsp3) is 0.857. The zero-order valence-corrected chi connectivity index (χ0v) is 11.5. The van der Waals surface area contributed by atoms with E-state index in [-0.39, 0.29) is 17.9 Å². The summed E-state index contributed by atoms with van der Waals surface area (Å²) in [5, 5.41) is 0. The third-order valence-electron chi connectivity index (χ3n) is 4.22. The number of rotatable bonds is 3. The highest BCUT2D eigenvalue weighted by atomic mass is 16.2. The Morgan fingerprint density at radius 3 is 2.44 bits per heavy atom. The molecular weight excluding hydrogens is 228 g/mol. The standard InChI is InChI=1S/C14H24N2O2/c1-3-6-12-7-4-10-16(12)14(18)13-8-5-9-15(13)11(2)17/h12-13H,3-10H2,1-2H3/t12-,13+/m0/s1. The fourth-order valence-corrected chi connectivity index (χ4v) is 3.35. The van der Waals surface area contributed by atoms with Crippen LogP contribution in [0.3, 0.4) is 0 Å². The Morgan fingerprint density at radius 1 is 1.11 bits per heavy atom. The summed E-state index contributed by atoms with van der Waals surface area (Å²) in [6.45, 7) is 5.36. The maximum atomic E-state index is 12.6. The highest BCUT2D eigenvalue weighted by molar-refractivity contribution is 5.87. The summed E-state index contributed by atoms with van der Waals surface area (Å²) in [4.78, 5) is 27.9. The van der Waals surface area contributed by atoms with Crippen molar-refractivity contribution in [2.75, 3.05) is 13.1 Å². The molecular formula is C14H24N2O2. The molecule has 4 heteroatoms. The van der Waals surface area contributed by atoms with E-state index in [4.69, 9.17) is 0 Å². The predicted molar refractivity (Wildman–Crippen MR) is 70.1 cm³/mol. The first kappa shape index (κ1) is 13.4. The van der Waals surface area contributed by atoms with Crippen LogP contribution in [0.5, 0.6) is 0 Å². The summed E-state index contributed by atoms with van der Waals surface area (Å²) in [6.07, 6.45) is 6.26. The molecule has 4 nitrogen and oxygen atoms in total. The van der Waals surface area contributed by atoms with Gasteiger partial charge in [-0.05, 0) is 32.1 Å². The van der Waals surface area contributed by atoms with Gasteiger partial charge >= 0.3 is 0 Å². The summed E-state index contributed by atoms with van der Waals surface area (Å²) in [6, 6.07) is 0.233. The molecule has 0 aromatic carbocycles. The van der Waals surface area contributed by atoms with Gasteiger partial charge in [0.05, 0.1) is 0 Å². The van der Waals surface area contributed by atoms with E-state index in [1.165, 1.54) is 0 Å². The summed E-state index contributed by atoms with van der Waals surface area (Å²) >= 11 is 0. The quantitative estimate of drug-likeness (QED) is 0.768. The molecule has 2 heterocycles. The van der Waals surface area contributed by atoms with Crippen LogP contribution in [0.1, 0.15) is 52.4 Å². The van der Waals surface area contributed by atoms with Gasteiger partial charge in [-0.1, -0.05) is 13.3 Å². The molecule has 0 N–H and O–H groups in total. The van der Waals surface area contributed by atoms with E-state index in [1.54, 1.807) is 11.8 Å². The van der Waals surface area contributed by atoms with Gasteiger partial charge in [0.2, 0.25) is 11.8 Å². The zero-order valence-electron chi connectivity index (χ0n) is 11.5. The van der Waals surface area contributed by atoms with Gasteiger partial charge in [0, 0.05) is 26.1 Å². The van der Waals surface area contributed by atoms with Crippen LogP contribution < -0.4 is 0 Å². The second kappa shape index (κ2) is 5.72. The summed E-state index contributed by atoms with van der Waals surface area (Å²) < 4.78 is 0. The number of amides is 2. The SMILES string of the molecule is CCC[C@H]1CCCN1C(=O)[C@H]1CCCN1C(C)=O. The Labute approximate surface area is 109 Å². The molecule has 0 aromatic heterocycles. The van der Waals surface area contributed by atoms with Crippen molar-refractivity contribution < 1.29 is 9.59 Å². The number of carbonyl (C=O) groups is 2. The molecule has 102 valence electrons. The molecule has 0 spiro atoms. The Morgan fingerprint density at radius 2 is 1.78 bits per heavy atom. The van der Waals surface area contributed by atoms with Gasteiger partial charge in [-0.2, -0.15) is 0 Å². The Hall–Kier alpha value is -1.06. The second-order valence-electron chi connectivity index (χ2n) is 5.49. The van der Waals surface area contributed by atoms with Crippen LogP contribution in [-0.2, 0) is 9.59 Å². The zero-order chi connectivity index (χ0) is 13.1. The van der Waals surface area contributed by atoms with Gasteiger partial charge in [-0.3, -0.25) is 9.59 Å². The number of carbonyl (C=O) groups excluding carboxylic acids is 2. The highest BCUT2D eigenvalue weighted by Crippen LogP contribution is 2.26. The highest BCUT2D eigenvalue weighted by Gasteiger charge is 2.38. The predicted octanol–water partition coefficient (Wildman–Crippen LogP) is 1.79. The fourth-order valence-electron chi connectivity index (χ4n) is 3.35. The van der Waals surface area contributed by atoms with Gasteiger partial charge in [-0.15, -0.1) is 0 Å².